The molecule has 3 aliphatic rings. The molecule has 18 heavy (non-hydrogen) atoms. The zero-order valence-corrected chi connectivity index (χ0v) is 11.6. The number of ether oxygens (including phenoxy) is 1. The number of Topliss-reactive ketones (excluding diaryl/α,β-unsaturated/α-hetero) is 1. The number of aliphatic hydroxyl groups excluding tert-OH is 1. The highest BCUT2D eigenvalue weighted by molar-refractivity contribution is 6.02. The first-order chi connectivity index (χ1) is 8.30. The maximum Gasteiger partial charge on any atom is 0.190 e. The zero-order chi connectivity index (χ0) is 13.3. The van der Waals surface area contributed by atoms with Gasteiger partial charge in [0.05, 0.1) is 11.7 Å². The molecule has 1 saturated carbocycles. The van der Waals surface area contributed by atoms with Crippen LogP contribution in [-0.4, -0.2) is 28.7 Å². The summed E-state index contributed by atoms with van der Waals surface area (Å²) in [5.74, 6) is 0.427. The molecule has 3 nitrogen and oxygen atoms in total. The van der Waals surface area contributed by atoms with E-state index in [0.717, 1.165) is 18.4 Å². The van der Waals surface area contributed by atoms with Crippen LogP contribution in [0, 0.1) is 17.3 Å². The number of fused-ring (bicyclic) bond motifs is 4. The van der Waals surface area contributed by atoms with Crippen LogP contribution in [0.25, 0.3) is 0 Å². The molecule has 0 aromatic carbocycles. The number of hydrogen-bond donors (Lipinski definition) is 1. The summed E-state index contributed by atoms with van der Waals surface area (Å²) in [7, 11) is 0. The fraction of sp³-hybridized carbons (Fsp3) is 0.800. The Morgan fingerprint density at radius 2 is 2.06 bits per heavy atom. The van der Waals surface area contributed by atoms with Crippen LogP contribution in [0.5, 0.6) is 0 Å². The first-order valence-electron chi connectivity index (χ1n) is 6.91. The Balaban J connectivity index is 2.20. The molecule has 1 heterocycles. The van der Waals surface area contributed by atoms with Crippen LogP contribution < -0.4 is 0 Å². The van der Waals surface area contributed by atoms with Crippen LogP contribution in [0.1, 0.15) is 40.5 Å². The topological polar surface area (TPSA) is 46.5 Å². The van der Waals surface area contributed by atoms with E-state index in [1.165, 1.54) is 0 Å². The summed E-state index contributed by atoms with van der Waals surface area (Å²) in [5, 5.41) is 10.5. The van der Waals surface area contributed by atoms with E-state index in [-0.39, 0.29) is 17.1 Å². The van der Waals surface area contributed by atoms with E-state index in [1.54, 1.807) is 0 Å². The van der Waals surface area contributed by atoms with E-state index >= 15 is 0 Å². The van der Waals surface area contributed by atoms with Gasteiger partial charge >= 0.3 is 0 Å². The van der Waals surface area contributed by atoms with Gasteiger partial charge in [0.15, 0.2) is 5.78 Å². The smallest absolute Gasteiger partial charge is 0.190 e. The molecule has 2 bridgehead atoms. The fourth-order valence-electron chi connectivity index (χ4n) is 4.60. The van der Waals surface area contributed by atoms with Crippen molar-refractivity contribution in [3.8, 4) is 0 Å². The predicted molar refractivity (Wildman–Crippen MR) is 68.0 cm³/mol. The zero-order valence-electron chi connectivity index (χ0n) is 11.6. The molecule has 0 aromatic rings. The average molecular weight is 250 g/mol. The summed E-state index contributed by atoms with van der Waals surface area (Å²) in [6, 6.07) is 0. The number of ketones is 1. The van der Waals surface area contributed by atoms with Crippen molar-refractivity contribution in [3.05, 3.63) is 11.6 Å². The van der Waals surface area contributed by atoms with Gasteiger partial charge in [0.25, 0.3) is 0 Å². The average Bonchev–Trinajstić information content (AvgIpc) is 2.47. The Morgan fingerprint density at radius 3 is 2.72 bits per heavy atom. The monoisotopic (exact) mass is 250 g/mol. The van der Waals surface area contributed by atoms with E-state index in [2.05, 4.69) is 19.9 Å². The summed E-state index contributed by atoms with van der Waals surface area (Å²) >= 11 is 0. The van der Waals surface area contributed by atoms with Crippen molar-refractivity contribution >= 4 is 5.78 Å². The molecular weight excluding hydrogens is 228 g/mol. The lowest BCUT2D eigenvalue weighted by Crippen LogP contribution is -2.55. The van der Waals surface area contributed by atoms with Crippen molar-refractivity contribution in [2.45, 2.75) is 58.3 Å². The number of allylic oxidation sites excluding steroid dienone is 1. The molecule has 0 radical (unpaired) electrons. The predicted octanol–water partition coefficient (Wildman–Crippen LogP) is 2.09. The second-order valence-corrected chi connectivity index (χ2v) is 6.85. The van der Waals surface area contributed by atoms with Crippen LogP contribution >= 0.6 is 0 Å². The molecule has 2 fully saturated rings. The SMILES string of the molecule is CC1CCC=C2C(=O)C3OC(C)(C)C(C3O)C21C. The number of carbonyl (C=O) groups excluding carboxylic acids is 1. The van der Waals surface area contributed by atoms with E-state index < -0.39 is 17.8 Å². The highest BCUT2D eigenvalue weighted by atomic mass is 16.5. The first-order valence-corrected chi connectivity index (χ1v) is 6.91. The van der Waals surface area contributed by atoms with Gasteiger partial charge in [0, 0.05) is 16.9 Å². The Hall–Kier alpha value is -0.670. The largest absolute Gasteiger partial charge is 0.389 e. The molecular formula is C15H22O3. The summed E-state index contributed by atoms with van der Waals surface area (Å²) in [6.07, 6.45) is 2.83. The van der Waals surface area contributed by atoms with Gasteiger partial charge in [0.2, 0.25) is 0 Å². The lowest BCUT2D eigenvalue weighted by atomic mass is 9.52. The lowest BCUT2D eigenvalue weighted by Gasteiger charge is -2.50. The molecule has 0 aromatic heterocycles. The van der Waals surface area contributed by atoms with Crippen LogP contribution in [0.2, 0.25) is 0 Å². The molecule has 3 heteroatoms. The van der Waals surface area contributed by atoms with Crippen molar-refractivity contribution in [3.63, 3.8) is 0 Å². The molecule has 0 spiro atoms. The summed E-state index contributed by atoms with van der Waals surface area (Å²) in [5.41, 5.74) is 0.230. The summed E-state index contributed by atoms with van der Waals surface area (Å²) in [6.45, 7) is 8.34. The second kappa shape index (κ2) is 3.45. The molecule has 5 atom stereocenters. The Kier molecular flexibility index (Phi) is 2.37. The van der Waals surface area contributed by atoms with Gasteiger partial charge in [0.1, 0.15) is 6.10 Å². The van der Waals surface area contributed by atoms with Gasteiger partial charge < -0.3 is 9.84 Å². The van der Waals surface area contributed by atoms with Crippen molar-refractivity contribution in [1.82, 2.24) is 0 Å². The van der Waals surface area contributed by atoms with Crippen molar-refractivity contribution in [1.29, 1.82) is 0 Å². The third-order valence-corrected chi connectivity index (χ3v) is 5.55. The summed E-state index contributed by atoms with van der Waals surface area (Å²) < 4.78 is 5.86. The van der Waals surface area contributed by atoms with E-state index in [1.807, 2.05) is 13.8 Å². The Morgan fingerprint density at radius 1 is 1.39 bits per heavy atom. The number of hydrogen-bond acceptors (Lipinski definition) is 3. The maximum atomic E-state index is 12.5. The molecule has 2 aliphatic carbocycles. The molecule has 100 valence electrons. The molecule has 1 saturated heterocycles. The van der Waals surface area contributed by atoms with E-state index in [4.69, 9.17) is 4.74 Å². The van der Waals surface area contributed by atoms with E-state index in [9.17, 15) is 9.90 Å². The van der Waals surface area contributed by atoms with Gasteiger partial charge in [-0.3, -0.25) is 4.79 Å². The highest BCUT2D eigenvalue weighted by Crippen LogP contribution is 2.60. The second-order valence-electron chi connectivity index (χ2n) is 6.85. The minimum atomic E-state index is -0.657. The Bertz CT molecular complexity index is 437. The number of carbonyl (C=O) groups is 1. The first kappa shape index (κ1) is 12.4. The van der Waals surface area contributed by atoms with Crippen molar-refractivity contribution < 1.29 is 14.6 Å². The van der Waals surface area contributed by atoms with Crippen LogP contribution in [0.3, 0.4) is 0 Å². The summed E-state index contributed by atoms with van der Waals surface area (Å²) in [4.78, 5) is 12.5. The quantitative estimate of drug-likeness (QED) is 0.716. The van der Waals surface area contributed by atoms with Crippen LogP contribution in [0.15, 0.2) is 11.6 Å². The van der Waals surface area contributed by atoms with Crippen molar-refractivity contribution in [2.75, 3.05) is 0 Å². The minimum Gasteiger partial charge on any atom is -0.389 e. The maximum absolute atomic E-state index is 12.5. The van der Waals surface area contributed by atoms with Gasteiger partial charge in [-0.1, -0.05) is 19.9 Å². The molecule has 1 N–H and O–H groups in total. The van der Waals surface area contributed by atoms with Crippen LogP contribution in [-0.2, 0) is 9.53 Å². The molecule has 1 aliphatic heterocycles. The van der Waals surface area contributed by atoms with Crippen LogP contribution in [0.4, 0.5) is 0 Å². The van der Waals surface area contributed by atoms with Gasteiger partial charge in [-0.15, -0.1) is 0 Å². The lowest BCUT2D eigenvalue weighted by molar-refractivity contribution is -0.134. The van der Waals surface area contributed by atoms with Gasteiger partial charge in [-0.05, 0) is 32.6 Å². The van der Waals surface area contributed by atoms with Crippen molar-refractivity contribution in [2.24, 2.45) is 17.3 Å². The molecule has 3 rings (SSSR count). The number of aliphatic hydroxyl groups is 1. The molecule has 0 amide bonds. The van der Waals surface area contributed by atoms with Gasteiger partial charge in [-0.2, -0.15) is 0 Å². The standard InChI is InChI=1S/C15H22O3/c1-8-6-5-7-9-10(16)12-11(17)13(15(8,9)4)14(2,3)18-12/h7-8,11-13,17H,5-6H2,1-4H3. The normalized spacial score (nSPS) is 49.8. The minimum absolute atomic E-state index is 0.00856. The van der Waals surface area contributed by atoms with E-state index in [0.29, 0.717) is 5.92 Å². The Labute approximate surface area is 108 Å². The highest BCUT2D eigenvalue weighted by Gasteiger charge is 2.66. The molecule has 5 unspecified atom stereocenters. The fourth-order valence-corrected chi connectivity index (χ4v) is 4.60. The third-order valence-electron chi connectivity index (χ3n) is 5.55. The third kappa shape index (κ3) is 1.24. The van der Waals surface area contributed by atoms with Gasteiger partial charge in [-0.25, -0.2) is 0 Å². The number of rotatable bonds is 0.